The van der Waals surface area contributed by atoms with Gasteiger partial charge in [-0.05, 0) is 17.2 Å². The molecule has 1 aliphatic rings. The SMILES string of the molecule is Cn1ncc2c(-c3cccc4c3C=NC4)nc(Cl)nc21. The van der Waals surface area contributed by atoms with Crippen molar-refractivity contribution in [1.29, 1.82) is 0 Å². The van der Waals surface area contributed by atoms with Gasteiger partial charge >= 0.3 is 0 Å². The molecule has 0 aliphatic carbocycles. The van der Waals surface area contributed by atoms with E-state index >= 15 is 0 Å². The highest BCUT2D eigenvalue weighted by molar-refractivity contribution is 6.28. The van der Waals surface area contributed by atoms with E-state index in [1.54, 1.807) is 10.9 Å². The number of hydrogen-bond donors (Lipinski definition) is 0. The number of hydrogen-bond acceptors (Lipinski definition) is 4. The Morgan fingerprint density at radius 2 is 2.15 bits per heavy atom. The Labute approximate surface area is 120 Å². The molecule has 98 valence electrons. The Kier molecular flexibility index (Phi) is 2.37. The lowest BCUT2D eigenvalue weighted by molar-refractivity contribution is 0.785. The van der Waals surface area contributed by atoms with Crippen LogP contribution in [-0.2, 0) is 13.6 Å². The third kappa shape index (κ3) is 1.56. The van der Waals surface area contributed by atoms with Crippen molar-refractivity contribution in [2.75, 3.05) is 0 Å². The predicted octanol–water partition coefficient (Wildman–Crippen LogP) is 2.62. The van der Waals surface area contributed by atoms with Crippen molar-refractivity contribution < 1.29 is 0 Å². The number of nitrogens with zero attached hydrogens (tertiary/aromatic N) is 5. The normalized spacial score (nSPS) is 13.1. The molecular formula is C14H10ClN5. The van der Waals surface area contributed by atoms with Crippen LogP contribution in [0.2, 0.25) is 5.28 Å². The molecule has 0 saturated carbocycles. The number of aliphatic imine (C=N–C) groups is 1. The topological polar surface area (TPSA) is 56.0 Å². The zero-order chi connectivity index (χ0) is 13.7. The van der Waals surface area contributed by atoms with Crippen LogP contribution in [0.4, 0.5) is 0 Å². The van der Waals surface area contributed by atoms with Gasteiger partial charge in [0, 0.05) is 24.4 Å². The lowest BCUT2D eigenvalue weighted by Gasteiger charge is -2.07. The summed E-state index contributed by atoms with van der Waals surface area (Å²) in [7, 11) is 1.84. The minimum Gasteiger partial charge on any atom is -0.288 e. The number of benzene rings is 1. The van der Waals surface area contributed by atoms with Crippen molar-refractivity contribution in [3.8, 4) is 11.3 Å². The minimum atomic E-state index is 0.226. The average molecular weight is 284 g/mol. The van der Waals surface area contributed by atoms with Gasteiger partial charge in [-0.15, -0.1) is 0 Å². The van der Waals surface area contributed by atoms with Gasteiger partial charge in [0.05, 0.1) is 23.8 Å². The Hall–Kier alpha value is -2.27. The molecule has 0 spiro atoms. The van der Waals surface area contributed by atoms with Gasteiger partial charge in [-0.1, -0.05) is 18.2 Å². The van der Waals surface area contributed by atoms with E-state index in [4.69, 9.17) is 11.6 Å². The number of rotatable bonds is 1. The molecule has 3 aromatic rings. The number of aryl methyl sites for hydroxylation is 1. The molecular weight excluding hydrogens is 274 g/mol. The second-order valence-corrected chi connectivity index (χ2v) is 5.03. The standard InChI is InChI=1S/C14H10ClN5/c1-20-13-11(7-17-20)12(18-14(15)19-13)9-4-2-3-8-5-16-6-10(8)9/h2-4,6-7H,5H2,1H3. The maximum Gasteiger partial charge on any atom is 0.225 e. The maximum atomic E-state index is 6.06. The molecule has 2 aromatic heterocycles. The summed E-state index contributed by atoms with van der Waals surface area (Å²) in [5.74, 6) is 0. The Morgan fingerprint density at radius 3 is 3.05 bits per heavy atom. The third-order valence-electron chi connectivity index (χ3n) is 3.50. The van der Waals surface area contributed by atoms with Crippen molar-refractivity contribution in [2.45, 2.75) is 6.54 Å². The fourth-order valence-corrected chi connectivity index (χ4v) is 2.71. The molecule has 0 atom stereocenters. The fraction of sp³-hybridized carbons (Fsp3) is 0.143. The van der Waals surface area contributed by atoms with Crippen LogP contribution >= 0.6 is 11.6 Å². The molecule has 0 unspecified atom stereocenters. The van der Waals surface area contributed by atoms with Gasteiger partial charge in [0.25, 0.3) is 0 Å². The molecule has 4 rings (SSSR count). The summed E-state index contributed by atoms with van der Waals surface area (Å²) in [5.41, 5.74) is 4.86. The molecule has 0 amide bonds. The molecule has 0 radical (unpaired) electrons. The lowest BCUT2D eigenvalue weighted by Crippen LogP contribution is -1.97. The van der Waals surface area contributed by atoms with Gasteiger partial charge in [-0.3, -0.25) is 9.67 Å². The van der Waals surface area contributed by atoms with Crippen molar-refractivity contribution in [3.63, 3.8) is 0 Å². The fourth-order valence-electron chi connectivity index (χ4n) is 2.55. The lowest BCUT2D eigenvalue weighted by atomic mass is 9.99. The van der Waals surface area contributed by atoms with Crippen molar-refractivity contribution in [2.24, 2.45) is 12.0 Å². The van der Waals surface area contributed by atoms with Crippen molar-refractivity contribution >= 4 is 28.8 Å². The summed E-state index contributed by atoms with van der Waals surface area (Å²) in [6.07, 6.45) is 3.66. The first-order valence-corrected chi connectivity index (χ1v) is 6.59. The molecule has 20 heavy (non-hydrogen) atoms. The smallest absolute Gasteiger partial charge is 0.225 e. The van der Waals surface area contributed by atoms with Gasteiger partial charge in [0.2, 0.25) is 5.28 Å². The summed E-state index contributed by atoms with van der Waals surface area (Å²) >= 11 is 6.06. The van der Waals surface area contributed by atoms with E-state index in [-0.39, 0.29) is 5.28 Å². The molecule has 3 heterocycles. The van der Waals surface area contributed by atoms with E-state index in [1.807, 2.05) is 25.4 Å². The Balaban J connectivity index is 2.09. The zero-order valence-electron chi connectivity index (χ0n) is 10.7. The predicted molar refractivity (Wildman–Crippen MR) is 78.0 cm³/mol. The molecule has 5 nitrogen and oxygen atoms in total. The van der Waals surface area contributed by atoms with Crippen molar-refractivity contribution in [3.05, 3.63) is 40.8 Å². The first-order chi connectivity index (χ1) is 9.74. The summed E-state index contributed by atoms with van der Waals surface area (Å²) in [5, 5.41) is 5.36. The quantitative estimate of drug-likeness (QED) is 0.645. The second kappa shape index (κ2) is 4.11. The van der Waals surface area contributed by atoms with E-state index in [2.05, 4.69) is 26.1 Å². The monoisotopic (exact) mass is 283 g/mol. The highest BCUT2D eigenvalue weighted by Gasteiger charge is 2.17. The van der Waals surface area contributed by atoms with Crippen LogP contribution < -0.4 is 0 Å². The van der Waals surface area contributed by atoms with Crippen LogP contribution in [0.5, 0.6) is 0 Å². The molecule has 6 heteroatoms. The molecule has 0 fully saturated rings. The summed E-state index contributed by atoms with van der Waals surface area (Å²) < 4.78 is 1.70. The largest absolute Gasteiger partial charge is 0.288 e. The second-order valence-electron chi connectivity index (χ2n) is 4.69. The first kappa shape index (κ1) is 11.5. The van der Waals surface area contributed by atoms with Crippen LogP contribution in [0, 0.1) is 0 Å². The van der Waals surface area contributed by atoms with Crippen LogP contribution in [0.25, 0.3) is 22.3 Å². The van der Waals surface area contributed by atoms with Gasteiger partial charge in [-0.2, -0.15) is 10.1 Å². The Bertz CT molecular complexity index is 865. The highest BCUT2D eigenvalue weighted by atomic mass is 35.5. The summed E-state index contributed by atoms with van der Waals surface area (Å²) in [4.78, 5) is 13.0. The number of fused-ring (bicyclic) bond motifs is 2. The van der Waals surface area contributed by atoms with Crippen LogP contribution in [-0.4, -0.2) is 26.0 Å². The van der Waals surface area contributed by atoms with Gasteiger partial charge in [-0.25, -0.2) is 4.98 Å². The van der Waals surface area contributed by atoms with Gasteiger partial charge in [0.15, 0.2) is 5.65 Å². The van der Waals surface area contributed by atoms with Crippen molar-refractivity contribution in [1.82, 2.24) is 19.7 Å². The number of aromatic nitrogens is 4. The number of halogens is 1. The molecule has 0 N–H and O–H groups in total. The highest BCUT2D eigenvalue weighted by Crippen LogP contribution is 2.32. The molecule has 1 aliphatic heterocycles. The van der Waals surface area contributed by atoms with Crippen LogP contribution in [0.3, 0.4) is 0 Å². The van der Waals surface area contributed by atoms with E-state index < -0.39 is 0 Å². The van der Waals surface area contributed by atoms with E-state index in [0.717, 1.165) is 34.4 Å². The molecule has 0 bridgehead atoms. The maximum absolute atomic E-state index is 6.06. The minimum absolute atomic E-state index is 0.226. The van der Waals surface area contributed by atoms with E-state index in [1.165, 1.54) is 5.56 Å². The average Bonchev–Trinajstić information content (AvgIpc) is 3.05. The van der Waals surface area contributed by atoms with E-state index in [0.29, 0.717) is 0 Å². The Morgan fingerprint density at radius 1 is 1.25 bits per heavy atom. The van der Waals surface area contributed by atoms with Crippen LogP contribution in [0.1, 0.15) is 11.1 Å². The molecule has 0 saturated heterocycles. The summed E-state index contributed by atoms with van der Waals surface area (Å²) in [6.45, 7) is 0.720. The van der Waals surface area contributed by atoms with E-state index in [9.17, 15) is 0 Å². The molecule has 1 aromatic carbocycles. The third-order valence-corrected chi connectivity index (χ3v) is 3.67. The zero-order valence-corrected chi connectivity index (χ0v) is 11.5. The van der Waals surface area contributed by atoms with Crippen LogP contribution in [0.15, 0.2) is 29.4 Å². The summed E-state index contributed by atoms with van der Waals surface area (Å²) in [6, 6.07) is 6.12. The van der Waals surface area contributed by atoms with Gasteiger partial charge in [0.1, 0.15) is 0 Å². The first-order valence-electron chi connectivity index (χ1n) is 6.21. The van der Waals surface area contributed by atoms with Gasteiger partial charge < -0.3 is 0 Å².